The minimum Gasteiger partial charge on any atom is -0.497 e. The van der Waals surface area contributed by atoms with Gasteiger partial charge >= 0.3 is 0 Å². The number of hydrogen-bond acceptors (Lipinski definition) is 1. The highest BCUT2D eigenvalue weighted by molar-refractivity contribution is 5.20. The Bertz CT molecular complexity index is 193. The molecule has 1 nitrogen and oxygen atoms in total. The van der Waals surface area contributed by atoms with Crippen molar-refractivity contribution < 1.29 is 4.74 Å². The van der Waals surface area contributed by atoms with Gasteiger partial charge < -0.3 is 4.74 Å². The van der Waals surface area contributed by atoms with E-state index in [9.17, 15) is 0 Å². The Morgan fingerprint density at radius 3 is 2.42 bits per heavy atom. The van der Waals surface area contributed by atoms with Crippen molar-refractivity contribution in [1.82, 2.24) is 0 Å². The number of methoxy groups -OCH3 is 1. The van der Waals surface area contributed by atoms with Gasteiger partial charge in [-0.05, 0) is 32.4 Å². The Morgan fingerprint density at radius 1 is 1.33 bits per heavy atom. The molecule has 0 aromatic rings. The zero-order chi connectivity index (χ0) is 9.40. The van der Waals surface area contributed by atoms with Crippen LogP contribution in [0.25, 0.3) is 0 Å². The average Bonchev–Trinajstić information content (AvgIpc) is 2.02. The lowest BCUT2D eigenvalue weighted by Gasteiger charge is -1.98. The highest BCUT2D eigenvalue weighted by Crippen LogP contribution is 2.02. The minimum absolute atomic E-state index is 0.903. The predicted octanol–water partition coefficient (Wildman–Crippen LogP) is 3.45. The smallest absolute Gasteiger partial charge is 0.118 e. The number of allylic oxidation sites excluding steroid dienone is 5. The van der Waals surface area contributed by atoms with E-state index in [1.165, 1.54) is 5.57 Å². The first-order valence-corrected chi connectivity index (χ1v) is 4.26. The Balaban J connectivity index is 4.24. The summed E-state index contributed by atoms with van der Waals surface area (Å²) in [7, 11) is 1.69. The molecule has 0 saturated heterocycles. The van der Waals surface area contributed by atoms with Gasteiger partial charge in [-0.25, -0.2) is 0 Å². The van der Waals surface area contributed by atoms with Crippen LogP contribution in [-0.2, 0) is 4.74 Å². The van der Waals surface area contributed by atoms with Gasteiger partial charge in [0.1, 0.15) is 5.76 Å². The van der Waals surface area contributed by atoms with Gasteiger partial charge in [0.05, 0.1) is 7.11 Å². The van der Waals surface area contributed by atoms with Crippen LogP contribution >= 0.6 is 0 Å². The molecule has 0 aliphatic carbocycles. The third kappa shape index (κ3) is 5.78. The van der Waals surface area contributed by atoms with Crippen molar-refractivity contribution in [2.24, 2.45) is 0 Å². The van der Waals surface area contributed by atoms with Gasteiger partial charge in [-0.15, -0.1) is 0 Å². The second-order valence-corrected chi connectivity index (χ2v) is 2.83. The standard InChI is InChI=1S/C11H18O/c1-5-6-7-8-11(12-4)9-10(2)3/h6-9H,5H2,1-4H3/b7-6+,11-8+. The van der Waals surface area contributed by atoms with Gasteiger partial charge in [-0.3, -0.25) is 0 Å². The molecule has 68 valence electrons. The summed E-state index contributed by atoms with van der Waals surface area (Å²) in [5.41, 5.74) is 1.24. The second kappa shape index (κ2) is 6.71. The molecule has 0 aromatic heterocycles. The molecule has 0 unspecified atom stereocenters. The topological polar surface area (TPSA) is 9.23 Å². The van der Waals surface area contributed by atoms with Gasteiger partial charge in [0.2, 0.25) is 0 Å². The highest BCUT2D eigenvalue weighted by Gasteiger charge is 1.86. The van der Waals surface area contributed by atoms with Crippen LogP contribution in [0.5, 0.6) is 0 Å². The van der Waals surface area contributed by atoms with E-state index in [0.29, 0.717) is 0 Å². The third-order valence-corrected chi connectivity index (χ3v) is 1.30. The summed E-state index contributed by atoms with van der Waals surface area (Å²) in [5.74, 6) is 0.903. The lowest BCUT2D eigenvalue weighted by molar-refractivity contribution is 0.306. The molecule has 0 aromatic carbocycles. The summed E-state index contributed by atoms with van der Waals surface area (Å²) in [6.45, 7) is 6.21. The molecule has 0 heterocycles. The summed E-state index contributed by atoms with van der Waals surface area (Å²) < 4.78 is 5.14. The first-order valence-electron chi connectivity index (χ1n) is 4.26. The molecule has 0 amide bonds. The molecular weight excluding hydrogens is 148 g/mol. The number of rotatable bonds is 4. The van der Waals surface area contributed by atoms with Crippen LogP contribution in [-0.4, -0.2) is 7.11 Å². The van der Waals surface area contributed by atoms with Gasteiger partial charge in [0.25, 0.3) is 0 Å². The molecule has 12 heavy (non-hydrogen) atoms. The quantitative estimate of drug-likeness (QED) is 0.459. The van der Waals surface area contributed by atoms with Gasteiger partial charge in [-0.1, -0.05) is 24.6 Å². The van der Waals surface area contributed by atoms with E-state index in [-0.39, 0.29) is 0 Å². The summed E-state index contributed by atoms with van der Waals surface area (Å²) in [6.07, 6.45) is 9.15. The molecule has 0 N–H and O–H groups in total. The predicted molar refractivity (Wildman–Crippen MR) is 54.0 cm³/mol. The maximum absolute atomic E-state index is 5.14. The Kier molecular flexibility index (Phi) is 6.16. The van der Waals surface area contributed by atoms with Crippen LogP contribution in [0.2, 0.25) is 0 Å². The van der Waals surface area contributed by atoms with Crippen LogP contribution < -0.4 is 0 Å². The summed E-state index contributed by atoms with van der Waals surface area (Å²) in [4.78, 5) is 0. The van der Waals surface area contributed by atoms with Gasteiger partial charge in [-0.2, -0.15) is 0 Å². The fraction of sp³-hybridized carbons (Fsp3) is 0.455. The molecule has 0 saturated carbocycles. The van der Waals surface area contributed by atoms with E-state index in [2.05, 4.69) is 26.8 Å². The molecule has 0 aliphatic heterocycles. The lowest BCUT2D eigenvalue weighted by atomic mass is 10.3. The van der Waals surface area contributed by atoms with Gasteiger partial charge in [0, 0.05) is 0 Å². The zero-order valence-corrected chi connectivity index (χ0v) is 8.42. The van der Waals surface area contributed by atoms with Crippen molar-refractivity contribution in [3.05, 3.63) is 35.6 Å². The fourth-order valence-electron chi connectivity index (χ4n) is 0.759. The first kappa shape index (κ1) is 11.0. The number of hydrogen-bond donors (Lipinski definition) is 0. The van der Waals surface area contributed by atoms with Gasteiger partial charge in [0.15, 0.2) is 0 Å². The van der Waals surface area contributed by atoms with E-state index >= 15 is 0 Å². The van der Waals surface area contributed by atoms with E-state index in [1.807, 2.05) is 18.2 Å². The van der Waals surface area contributed by atoms with Crippen LogP contribution in [0.1, 0.15) is 27.2 Å². The molecule has 0 rings (SSSR count). The Morgan fingerprint density at radius 2 is 2.00 bits per heavy atom. The molecule has 0 spiro atoms. The Hall–Kier alpha value is -0.980. The maximum Gasteiger partial charge on any atom is 0.118 e. The zero-order valence-electron chi connectivity index (χ0n) is 8.42. The van der Waals surface area contributed by atoms with E-state index < -0.39 is 0 Å². The fourth-order valence-corrected chi connectivity index (χ4v) is 0.759. The van der Waals surface area contributed by atoms with Crippen LogP contribution in [0.15, 0.2) is 35.6 Å². The molecule has 0 fully saturated rings. The van der Waals surface area contributed by atoms with Crippen molar-refractivity contribution in [2.75, 3.05) is 7.11 Å². The van der Waals surface area contributed by atoms with Crippen molar-refractivity contribution in [1.29, 1.82) is 0 Å². The van der Waals surface area contributed by atoms with Crippen molar-refractivity contribution >= 4 is 0 Å². The summed E-state index contributed by atoms with van der Waals surface area (Å²) in [6, 6.07) is 0. The largest absolute Gasteiger partial charge is 0.497 e. The van der Waals surface area contributed by atoms with Crippen molar-refractivity contribution in [2.45, 2.75) is 27.2 Å². The monoisotopic (exact) mass is 166 g/mol. The van der Waals surface area contributed by atoms with E-state index in [0.717, 1.165) is 12.2 Å². The van der Waals surface area contributed by atoms with Crippen LogP contribution in [0, 0.1) is 0 Å². The highest BCUT2D eigenvalue weighted by atomic mass is 16.5. The average molecular weight is 166 g/mol. The first-order chi connectivity index (χ1) is 5.70. The molecular formula is C11H18O. The van der Waals surface area contributed by atoms with Crippen molar-refractivity contribution in [3.8, 4) is 0 Å². The normalized spacial score (nSPS) is 11.8. The SMILES string of the molecule is CC/C=C/C=C(\C=C(C)C)OC. The molecule has 0 radical (unpaired) electrons. The Labute approximate surface area is 75.4 Å². The van der Waals surface area contributed by atoms with E-state index in [1.54, 1.807) is 7.11 Å². The minimum atomic E-state index is 0.903. The second-order valence-electron chi connectivity index (χ2n) is 2.83. The van der Waals surface area contributed by atoms with E-state index in [4.69, 9.17) is 4.74 Å². The summed E-state index contributed by atoms with van der Waals surface area (Å²) >= 11 is 0. The third-order valence-electron chi connectivity index (χ3n) is 1.30. The lowest BCUT2D eigenvalue weighted by Crippen LogP contribution is -1.81. The van der Waals surface area contributed by atoms with Crippen molar-refractivity contribution in [3.63, 3.8) is 0 Å². The maximum atomic E-state index is 5.14. The molecule has 0 bridgehead atoms. The van der Waals surface area contributed by atoms with Crippen LogP contribution in [0.4, 0.5) is 0 Å². The number of ether oxygens (including phenoxy) is 1. The summed E-state index contributed by atoms with van der Waals surface area (Å²) in [5, 5.41) is 0. The molecule has 0 atom stereocenters. The van der Waals surface area contributed by atoms with Crippen LogP contribution in [0.3, 0.4) is 0 Å². The molecule has 1 heteroatoms. The molecule has 0 aliphatic rings.